The number of aliphatic hydroxyl groups excluding tert-OH is 1. The average Bonchev–Trinajstić information content (AvgIpc) is 3.69. The number of hydrogen-bond acceptors (Lipinski definition) is 6. The molecule has 7 rings (SSSR count). The van der Waals surface area contributed by atoms with E-state index in [1.54, 1.807) is 0 Å². The molecular weight excluding hydrogens is 480 g/mol. The summed E-state index contributed by atoms with van der Waals surface area (Å²) in [6.07, 6.45) is 5.18. The van der Waals surface area contributed by atoms with Crippen molar-refractivity contribution in [2.45, 2.75) is 77.0 Å². The van der Waals surface area contributed by atoms with Crippen LogP contribution in [0, 0.1) is 13.8 Å². The second kappa shape index (κ2) is 8.98. The molecule has 0 unspecified atom stereocenters. The molecule has 2 aliphatic heterocycles. The lowest BCUT2D eigenvalue weighted by molar-refractivity contribution is -0.117. The molecule has 1 saturated heterocycles. The van der Waals surface area contributed by atoms with Crippen LogP contribution in [0.2, 0.25) is 0 Å². The van der Waals surface area contributed by atoms with Gasteiger partial charge >= 0.3 is 0 Å². The molecule has 38 heavy (non-hydrogen) atoms. The Balaban J connectivity index is 1.36. The number of imidazole rings is 1. The lowest BCUT2D eigenvalue weighted by atomic mass is 9.92. The minimum Gasteiger partial charge on any atom is -0.493 e. The molecule has 8 heteroatoms. The van der Waals surface area contributed by atoms with Crippen molar-refractivity contribution in [2.75, 3.05) is 11.5 Å². The number of amides is 1. The maximum Gasteiger partial charge on any atom is 0.227 e. The lowest BCUT2D eigenvalue weighted by Gasteiger charge is -2.31. The summed E-state index contributed by atoms with van der Waals surface area (Å²) >= 11 is 0. The molecule has 0 spiro atoms. The van der Waals surface area contributed by atoms with Gasteiger partial charge in [-0.05, 0) is 87.4 Å². The van der Waals surface area contributed by atoms with Crippen LogP contribution in [0.1, 0.15) is 73.5 Å². The van der Waals surface area contributed by atoms with Crippen LogP contribution in [-0.2, 0) is 11.2 Å². The number of carbonyl (C=O) groups is 1. The van der Waals surface area contributed by atoms with Crippen molar-refractivity contribution in [3.63, 3.8) is 0 Å². The van der Waals surface area contributed by atoms with Crippen LogP contribution in [-0.4, -0.2) is 38.4 Å². The normalized spacial score (nSPS) is 23.3. The molecule has 2 aromatic carbocycles. The van der Waals surface area contributed by atoms with E-state index in [9.17, 15) is 9.90 Å². The van der Waals surface area contributed by atoms with E-state index in [-0.39, 0.29) is 24.1 Å². The Labute approximate surface area is 221 Å². The van der Waals surface area contributed by atoms with Gasteiger partial charge in [-0.15, -0.1) is 0 Å². The molecule has 3 aliphatic rings. The minimum atomic E-state index is -0.242. The fourth-order valence-corrected chi connectivity index (χ4v) is 6.68. The number of hydrogen-bond donors (Lipinski definition) is 1. The Bertz CT molecular complexity index is 1530. The van der Waals surface area contributed by atoms with Gasteiger partial charge in [0.05, 0.1) is 35.5 Å². The van der Waals surface area contributed by atoms with Gasteiger partial charge in [-0.3, -0.25) is 4.79 Å². The molecular formula is C30H32N4O4. The number of benzene rings is 2. The monoisotopic (exact) mass is 512 g/mol. The average molecular weight is 513 g/mol. The molecule has 8 nitrogen and oxygen atoms in total. The van der Waals surface area contributed by atoms with Gasteiger partial charge in [0.15, 0.2) is 0 Å². The van der Waals surface area contributed by atoms with Crippen molar-refractivity contribution in [3.05, 3.63) is 59.2 Å². The van der Waals surface area contributed by atoms with Gasteiger partial charge < -0.3 is 23.8 Å². The first-order chi connectivity index (χ1) is 18.5. The van der Waals surface area contributed by atoms with Crippen molar-refractivity contribution in [2.24, 2.45) is 0 Å². The molecule has 1 N–H and O–H groups in total. The fourth-order valence-electron chi connectivity index (χ4n) is 6.68. The predicted octanol–water partition coefficient (Wildman–Crippen LogP) is 5.59. The largest absolute Gasteiger partial charge is 0.493 e. The third-order valence-electron chi connectivity index (χ3n) is 8.53. The molecule has 0 bridgehead atoms. The first kappa shape index (κ1) is 23.5. The quantitative estimate of drug-likeness (QED) is 0.383. The molecule has 2 fully saturated rings. The first-order valence-electron chi connectivity index (χ1n) is 13.7. The van der Waals surface area contributed by atoms with Crippen LogP contribution in [0.4, 0.5) is 5.69 Å². The Morgan fingerprint density at radius 3 is 2.63 bits per heavy atom. The van der Waals surface area contributed by atoms with Gasteiger partial charge in [-0.2, -0.15) is 0 Å². The predicted molar refractivity (Wildman–Crippen MR) is 143 cm³/mol. The van der Waals surface area contributed by atoms with E-state index in [4.69, 9.17) is 14.2 Å². The Hall–Kier alpha value is -3.65. The highest BCUT2D eigenvalue weighted by Gasteiger charge is 2.38. The van der Waals surface area contributed by atoms with E-state index in [2.05, 4.69) is 34.0 Å². The summed E-state index contributed by atoms with van der Waals surface area (Å²) in [7, 11) is 0. The third-order valence-corrected chi connectivity index (χ3v) is 8.53. The van der Waals surface area contributed by atoms with E-state index >= 15 is 0 Å². The van der Waals surface area contributed by atoms with Crippen LogP contribution in [0.25, 0.3) is 22.2 Å². The highest BCUT2D eigenvalue weighted by atomic mass is 16.5. The minimum absolute atomic E-state index is 0.128. The molecule has 196 valence electrons. The summed E-state index contributed by atoms with van der Waals surface area (Å²) in [6.45, 7) is 4.57. The number of ether oxygens (including phenoxy) is 1. The number of carbonyl (C=O) groups excluding carboxylic acids is 1. The topological polar surface area (TPSA) is 93.6 Å². The third kappa shape index (κ3) is 3.73. The van der Waals surface area contributed by atoms with Gasteiger partial charge in [-0.1, -0.05) is 11.2 Å². The zero-order valence-electron chi connectivity index (χ0n) is 21.8. The SMILES string of the molecule is Cc1noc(C)c1-c1ccc2c(c1)nc([C@@H]1CCC(=O)N1c1ccc3c(c1)CCO3)n2[C@H]1CC[C@H](O)CC1. The zero-order chi connectivity index (χ0) is 26.0. The van der Waals surface area contributed by atoms with Crippen LogP contribution in [0.15, 0.2) is 40.9 Å². The van der Waals surface area contributed by atoms with Gasteiger partial charge in [0.1, 0.15) is 17.3 Å². The van der Waals surface area contributed by atoms with E-state index in [1.165, 1.54) is 0 Å². The number of rotatable bonds is 4. The van der Waals surface area contributed by atoms with Crippen LogP contribution < -0.4 is 9.64 Å². The lowest BCUT2D eigenvalue weighted by Crippen LogP contribution is -2.31. The van der Waals surface area contributed by atoms with Gasteiger partial charge in [0.25, 0.3) is 0 Å². The molecule has 1 amide bonds. The van der Waals surface area contributed by atoms with Crippen LogP contribution in [0.3, 0.4) is 0 Å². The Morgan fingerprint density at radius 2 is 1.84 bits per heavy atom. The Kier molecular flexibility index (Phi) is 5.54. The number of aliphatic hydroxyl groups is 1. The van der Waals surface area contributed by atoms with Crippen molar-refractivity contribution in [3.8, 4) is 16.9 Å². The van der Waals surface area contributed by atoms with Crippen molar-refractivity contribution in [1.29, 1.82) is 0 Å². The maximum absolute atomic E-state index is 13.3. The highest BCUT2D eigenvalue weighted by molar-refractivity contribution is 5.97. The van der Waals surface area contributed by atoms with Crippen LogP contribution in [0.5, 0.6) is 5.75 Å². The van der Waals surface area contributed by atoms with Gasteiger partial charge in [-0.25, -0.2) is 4.98 Å². The van der Waals surface area contributed by atoms with Crippen LogP contribution >= 0.6 is 0 Å². The van der Waals surface area contributed by atoms with Gasteiger partial charge in [0.2, 0.25) is 5.91 Å². The smallest absolute Gasteiger partial charge is 0.227 e. The number of aromatic nitrogens is 3. The number of aryl methyl sites for hydroxylation is 2. The van der Waals surface area contributed by atoms with E-state index in [0.29, 0.717) is 13.0 Å². The van der Waals surface area contributed by atoms with Crippen molar-refractivity contribution >= 4 is 22.6 Å². The Morgan fingerprint density at radius 1 is 1.00 bits per heavy atom. The summed E-state index contributed by atoms with van der Waals surface area (Å²) in [6, 6.07) is 12.6. The molecule has 1 aliphatic carbocycles. The number of nitrogens with zero attached hydrogens (tertiary/aromatic N) is 4. The molecule has 1 atom stereocenters. The summed E-state index contributed by atoms with van der Waals surface area (Å²) < 4.78 is 13.5. The van der Waals surface area contributed by atoms with E-state index in [0.717, 1.165) is 95.0 Å². The van der Waals surface area contributed by atoms with Crippen molar-refractivity contribution in [1.82, 2.24) is 14.7 Å². The molecule has 4 aromatic rings. The molecule has 4 heterocycles. The molecule has 1 saturated carbocycles. The summed E-state index contributed by atoms with van der Waals surface area (Å²) in [5, 5.41) is 14.4. The summed E-state index contributed by atoms with van der Waals surface area (Å²) in [5.74, 6) is 2.76. The zero-order valence-corrected chi connectivity index (χ0v) is 21.8. The highest BCUT2D eigenvalue weighted by Crippen LogP contribution is 2.43. The number of anilines is 1. The fraction of sp³-hybridized carbons (Fsp3) is 0.433. The second-order valence-corrected chi connectivity index (χ2v) is 10.9. The molecule has 2 aromatic heterocycles. The summed E-state index contributed by atoms with van der Waals surface area (Å²) in [5.41, 5.74) is 6.93. The maximum atomic E-state index is 13.3. The summed E-state index contributed by atoms with van der Waals surface area (Å²) in [4.78, 5) is 20.5. The number of fused-ring (bicyclic) bond motifs is 2. The standard InChI is InChI=1S/C30H32N4O4/c1-17-29(18(2)38-32-17)20-3-9-25-24(16-20)31-30(34(25)21-4-7-23(35)8-5-21)26-10-12-28(36)33(26)22-6-11-27-19(15-22)13-14-37-27/h3,6,9,11,15-16,21,23,26,35H,4-5,7-8,10,12-14H2,1-2H3/t21-,23-,26-/m0/s1. The first-order valence-corrected chi connectivity index (χ1v) is 13.7. The van der Waals surface area contributed by atoms with E-state index in [1.807, 2.05) is 30.9 Å². The van der Waals surface area contributed by atoms with E-state index < -0.39 is 0 Å². The second-order valence-electron chi connectivity index (χ2n) is 10.9. The van der Waals surface area contributed by atoms with Gasteiger partial charge in [0, 0.05) is 30.1 Å². The van der Waals surface area contributed by atoms with Crippen molar-refractivity contribution < 1.29 is 19.2 Å². The molecule has 0 radical (unpaired) electrons.